The Morgan fingerprint density at radius 3 is 2.85 bits per heavy atom. The zero-order valence-corrected chi connectivity index (χ0v) is 17.7. The molecule has 0 saturated carbocycles. The van der Waals surface area contributed by atoms with Gasteiger partial charge in [0.1, 0.15) is 6.54 Å². The van der Waals surface area contributed by atoms with Crippen LogP contribution in [-0.4, -0.2) is 49.2 Å². The van der Waals surface area contributed by atoms with Gasteiger partial charge in [-0.15, -0.1) is 24.0 Å². The minimum atomic E-state index is 0. The van der Waals surface area contributed by atoms with Crippen LogP contribution in [0.3, 0.4) is 0 Å². The van der Waals surface area contributed by atoms with Crippen LogP contribution >= 0.6 is 24.0 Å². The van der Waals surface area contributed by atoms with Gasteiger partial charge < -0.3 is 19.4 Å². The third kappa shape index (κ3) is 5.70. The van der Waals surface area contributed by atoms with Gasteiger partial charge in [0.2, 0.25) is 5.89 Å². The van der Waals surface area contributed by atoms with Crippen molar-refractivity contribution in [2.75, 3.05) is 33.4 Å². The predicted octanol–water partition coefficient (Wildman–Crippen LogP) is 3.39. The summed E-state index contributed by atoms with van der Waals surface area (Å²) in [5.74, 6) is 2.83. The molecule has 0 radical (unpaired) electrons. The lowest BCUT2D eigenvalue weighted by atomic mass is 10.1. The van der Waals surface area contributed by atoms with Gasteiger partial charge in [0, 0.05) is 38.2 Å². The lowest BCUT2D eigenvalue weighted by Gasteiger charge is -2.24. The van der Waals surface area contributed by atoms with E-state index in [9.17, 15) is 0 Å². The van der Waals surface area contributed by atoms with Gasteiger partial charge >= 0.3 is 0 Å². The van der Waals surface area contributed by atoms with Gasteiger partial charge in [0.05, 0.1) is 12.8 Å². The Morgan fingerprint density at radius 1 is 1.35 bits per heavy atom. The van der Waals surface area contributed by atoms with Crippen molar-refractivity contribution in [1.29, 1.82) is 0 Å². The molecule has 1 fully saturated rings. The second kappa shape index (κ2) is 10.5. The van der Waals surface area contributed by atoms with Crippen molar-refractivity contribution < 1.29 is 9.15 Å². The lowest BCUT2D eigenvalue weighted by molar-refractivity contribution is 0.181. The number of aliphatic imine (C=N–C) groups is 1. The van der Waals surface area contributed by atoms with Gasteiger partial charge in [-0.2, -0.15) is 0 Å². The van der Waals surface area contributed by atoms with Crippen LogP contribution in [0.25, 0.3) is 11.3 Å². The molecule has 0 amide bonds. The van der Waals surface area contributed by atoms with E-state index in [2.05, 4.69) is 34.2 Å². The Balaban J connectivity index is 0.00000243. The van der Waals surface area contributed by atoms with Crippen LogP contribution in [0, 0.1) is 5.92 Å². The first kappa shape index (κ1) is 20.7. The van der Waals surface area contributed by atoms with Gasteiger partial charge in [-0.25, -0.2) is 9.98 Å². The summed E-state index contributed by atoms with van der Waals surface area (Å²) in [6.45, 7) is 5.95. The Hall–Kier alpha value is -1.61. The van der Waals surface area contributed by atoms with E-state index in [1.54, 1.807) is 6.20 Å². The molecule has 1 aromatic heterocycles. The molecule has 26 heavy (non-hydrogen) atoms. The van der Waals surface area contributed by atoms with Crippen molar-refractivity contribution in [3.63, 3.8) is 0 Å². The maximum atomic E-state index is 5.83. The second-order valence-electron chi connectivity index (χ2n) is 6.26. The monoisotopic (exact) mass is 470 g/mol. The second-order valence-corrected chi connectivity index (χ2v) is 6.26. The lowest BCUT2D eigenvalue weighted by Crippen LogP contribution is -2.41. The molecule has 2 aromatic rings. The zero-order chi connectivity index (χ0) is 17.5. The highest BCUT2D eigenvalue weighted by Gasteiger charge is 2.19. The quantitative estimate of drug-likeness (QED) is 0.399. The first-order valence-corrected chi connectivity index (χ1v) is 8.83. The fraction of sp³-hybridized carbons (Fsp3) is 0.474. The Bertz CT molecular complexity index is 684. The van der Waals surface area contributed by atoms with Crippen molar-refractivity contribution in [1.82, 2.24) is 15.2 Å². The van der Waals surface area contributed by atoms with Gasteiger partial charge in [0.25, 0.3) is 0 Å². The average Bonchev–Trinajstić information content (AvgIpc) is 3.31. The number of aromatic nitrogens is 1. The Labute approximate surface area is 172 Å². The first-order valence-electron chi connectivity index (χ1n) is 8.83. The number of nitrogens with zero attached hydrogens (tertiary/aromatic N) is 3. The fourth-order valence-corrected chi connectivity index (χ4v) is 2.93. The number of benzene rings is 1. The van der Waals surface area contributed by atoms with E-state index in [1.807, 2.05) is 30.3 Å². The number of oxazole rings is 1. The maximum absolute atomic E-state index is 5.83. The highest BCUT2D eigenvalue weighted by atomic mass is 127. The molecule has 1 unspecified atom stereocenters. The van der Waals surface area contributed by atoms with Crippen molar-refractivity contribution in [2.24, 2.45) is 10.9 Å². The standard InChI is InChI=1S/C19H26N4O2.HI/c1-3-20-19(23(2)13-15-9-10-24-14-15)22-12-18-21-11-17(25-18)16-7-5-4-6-8-16;/h4-8,11,15H,3,9-10,12-14H2,1-2H3,(H,20,22);1H. The molecule has 7 heteroatoms. The number of halogens is 1. The Morgan fingerprint density at radius 2 is 2.15 bits per heavy atom. The Kier molecular flexibility index (Phi) is 8.37. The highest BCUT2D eigenvalue weighted by molar-refractivity contribution is 14.0. The molecule has 0 spiro atoms. The minimum absolute atomic E-state index is 0. The highest BCUT2D eigenvalue weighted by Crippen LogP contribution is 2.20. The predicted molar refractivity (Wildman–Crippen MR) is 114 cm³/mol. The summed E-state index contributed by atoms with van der Waals surface area (Å²) in [6, 6.07) is 9.98. The van der Waals surface area contributed by atoms with Crippen LogP contribution in [0.4, 0.5) is 0 Å². The normalized spacial score (nSPS) is 17.0. The topological polar surface area (TPSA) is 62.9 Å². The van der Waals surface area contributed by atoms with Crippen LogP contribution < -0.4 is 5.32 Å². The molecular weight excluding hydrogens is 443 g/mol. The van der Waals surface area contributed by atoms with E-state index in [0.717, 1.165) is 50.0 Å². The molecule has 0 bridgehead atoms. The van der Waals surface area contributed by atoms with Crippen LogP contribution in [0.1, 0.15) is 19.2 Å². The molecule has 6 nitrogen and oxygen atoms in total. The van der Waals surface area contributed by atoms with Gasteiger partial charge in [-0.3, -0.25) is 0 Å². The molecule has 1 N–H and O–H groups in total. The van der Waals surface area contributed by atoms with E-state index < -0.39 is 0 Å². The van der Waals surface area contributed by atoms with Crippen LogP contribution in [0.15, 0.2) is 45.9 Å². The summed E-state index contributed by atoms with van der Waals surface area (Å²) in [6.07, 6.45) is 2.87. The fourth-order valence-electron chi connectivity index (χ4n) is 2.93. The maximum Gasteiger partial charge on any atom is 0.216 e. The van der Waals surface area contributed by atoms with E-state index in [-0.39, 0.29) is 24.0 Å². The summed E-state index contributed by atoms with van der Waals surface area (Å²) < 4.78 is 11.3. The van der Waals surface area contributed by atoms with Crippen LogP contribution in [-0.2, 0) is 11.3 Å². The molecule has 2 heterocycles. The van der Waals surface area contributed by atoms with E-state index in [0.29, 0.717) is 18.4 Å². The molecule has 1 aromatic carbocycles. The van der Waals surface area contributed by atoms with Gasteiger partial charge in [0.15, 0.2) is 11.7 Å². The average molecular weight is 470 g/mol. The van der Waals surface area contributed by atoms with E-state index in [4.69, 9.17) is 9.15 Å². The summed E-state index contributed by atoms with van der Waals surface area (Å²) >= 11 is 0. The number of nitrogens with one attached hydrogen (secondary N) is 1. The smallest absolute Gasteiger partial charge is 0.216 e. The molecule has 1 aliphatic rings. The van der Waals surface area contributed by atoms with Crippen molar-refractivity contribution in [2.45, 2.75) is 19.9 Å². The van der Waals surface area contributed by atoms with Crippen molar-refractivity contribution in [3.8, 4) is 11.3 Å². The number of ether oxygens (including phenoxy) is 1. The molecule has 3 rings (SSSR count). The number of hydrogen-bond donors (Lipinski definition) is 1. The summed E-state index contributed by atoms with van der Waals surface area (Å²) in [4.78, 5) is 11.2. The molecule has 0 aliphatic carbocycles. The zero-order valence-electron chi connectivity index (χ0n) is 15.4. The third-order valence-corrected chi connectivity index (χ3v) is 4.23. The molecule has 1 aliphatic heterocycles. The minimum Gasteiger partial charge on any atom is -0.439 e. The van der Waals surface area contributed by atoms with Crippen molar-refractivity contribution in [3.05, 3.63) is 42.4 Å². The van der Waals surface area contributed by atoms with Gasteiger partial charge in [-0.05, 0) is 13.3 Å². The summed E-state index contributed by atoms with van der Waals surface area (Å²) in [5, 5.41) is 3.33. The first-order chi connectivity index (χ1) is 12.3. The number of hydrogen-bond acceptors (Lipinski definition) is 4. The summed E-state index contributed by atoms with van der Waals surface area (Å²) in [5.41, 5.74) is 1.02. The van der Waals surface area contributed by atoms with E-state index in [1.165, 1.54) is 0 Å². The van der Waals surface area contributed by atoms with Gasteiger partial charge in [-0.1, -0.05) is 30.3 Å². The largest absolute Gasteiger partial charge is 0.439 e. The molecule has 142 valence electrons. The van der Waals surface area contributed by atoms with Crippen LogP contribution in [0.5, 0.6) is 0 Å². The van der Waals surface area contributed by atoms with Crippen LogP contribution in [0.2, 0.25) is 0 Å². The molecular formula is C19H27IN4O2. The summed E-state index contributed by atoms with van der Waals surface area (Å²) in [7, 11) is 2.06. The molecule has 1 atom stereocenters. The molecule has 1 saturated heterocycles. The third-order valence-electron chi connectivity index (χ3n) is 4.23. The van der Waals surface area contributed by atoms with E-state index >= 15 is 0 Å². The van der Waals surface area contributed by atoms with Crippen molar-refractivity contribution >= 4 is 29.9 Å². The number of guanidine groups is 1. The number of rotatable bonds is 6. The SMILES string of the molecule is CCNC(=NCc1ncc(-c2ccccc2)o1)N(C)CC1CCOC1.I.